The molecule has 1 aliphatic carbocycles. The van der Waals surface area contributed by atoms with Gasteiger partial charge in [0, 0.05) is 18.9 Å². The molecule has 6 heteroatoms. The fourth-order valence-corrected chi connectivity index (χ4v) is 3.83. The van der Waals surface area contributed by atoms with Crippen molar-refractivity contribution in [3.8, 4) is 0 Å². The summed E-state index contributed by atoms with van der Waals surface area (Å²) in [6, 6.07) is 0. The van der Waals surface area contributed by atoms with E-state index in [0.717, 1.165) is 10.1 Å². The first-order chi connectivity index (χ1) is 8.24. The molecule has 2 heterocycles. The third-order valence-electron chi connectivity index (χ3n) is 3.44. The lowest BCUT2D eigenvalue weighted by Gasteiger charge is -2.09. The van der Waals surface area contributed by atoms with Gasteiger partial charge in [0.15, 0.2) is 0 Å². The summed E-state index contributed by atoms with van der Waals surface area (Å²) in [5.74, 6) is 0.630. The summed E-state index contributed by atoms with van der Waals surface area (Å²) in [6.45, 7) is 0.569. The molecule has 2 fully saturated rings. The van der Waals surface area contributed by atoms with Crippen LogP contribution in [0.4, 0.5) is 5.13 Å². The van der Waals surface area contributed by atoms with Gasteiger partial charge in [-0.25, -0.2) is 0 Å². The molecule has 0 radical (unpaired) electrons. The first kappa shape index (κ1) is 11.4. The summed E-state index contributed by atoms with van der Waals surface area (Å²) in [6.07, 6.45) is 5.40. The molecule has 0 N–H and O–H groups in total. The van der Waals surface area contributed by atoms with Gasteiger partial charge in [0.1, 0.15) is 5.01 Å². The number of hydrogen-bond acceptors (Lipinski definition) is 4. The standard InChI is InChI=1S/C11H14ClN3OS/c12-8-5-9(16)15(6-8)11-14-13-10(17-11)7-3-1-2-4-7/h7-8H,1-6H2. The van der Waals surface area contributed by atoms with E-state index < -0.39 is 0 Å². The smallest absolute Gasteiger partial charge is 0.230 e. The number of amides is 1. The summed E-state index contributed by atoms with van der Waals surface area (Å²) < 4.78 is 0. The molecule has 1 saturated heterocycles. The summed E-state index contributed by atoms with van der Waals surface area (Å²) in [4.78, 5) is 13.4. The maximum atomic E-state index is 11.7. The molecule has 1 atom stereocenters. The molecule has 0 aromatic carbocycles. The number of hydrogen-bond donors (Lipinski definition) is 0. The SMILES string of the molecule is O=C1CC(Cl)CN1c1nnc(C2CCCC2)s1. The van der Waals surface area contributed by atoms with Crippen LogP contribution in [0.3, 0.4) is 0 Å². The van der Waals surface area contributed by atoms with Crippen molar-refractivity contribution in [1.82, 2.24) is 10.2 Å². The van der Waals surface area contributed by atoms with Gasteiger partial charge in [0.05, 0.1) is 5.38 Å². The first-order valence-electron chi connectivity index (χ1n) is 6.02. The number of carbonyl (C=O) groups is 1. The van der Waals surface area contributed by atoms with Gasteiger partial charge in [-0.1, -0.05) is 24.2 Å². The van der Waals surface area contributed by atoms with E-state index in [4.69, 9.17) is 11.6 Å². The van der Waals surface area contributed by atoms with Gasteiger partial charge in [0.2, 0.25) is 11.0 Å². The highest BCUT2D eigenvalue weighted by atomic mass is 35.5. The van der Waals surface area contributed by atoms with Crippen molar-refractivity contribution >= 4 is 34.0 Å². The maximum absolute atomic E-state index is 11.7. The Bertz CT molecular complexity index is 430. The monoisotopic (exact) mass is 271 g/mol. The van der Waals surface area contributed by atoms with E-state index in [2.05, 4.69) is 10.2 Å². The molecule has 1 aromatic heterocycles. The Morgan fingerprint density at radius 2 is 2.06 bits per heavy atom. The third-order valence-corrected chi connectivity index (χ3v) is 4.84. The van der Waals surface area contributed by atoms with Crippen molar-refractivity contribution in [3.63, 3.8) is 0 Å². The Kier molecular flexibility index (Phi) is 3.04. The zero-order valence-electron chi connectivity index (χ0n) is 9.43. The molecular weight excluding hydrogens is 258 g/mol. The number of halogens is 1. The zero-order valence-corrected chi connectivity index (χ0v) is 11.0. The molecule has 0 bridgehead atoms. The first-order valence-corrected chi connectivity index (χ1v) is 7.27. The minimum Gasteiger partial charge on any atom is -0.285 e. The van der Waals surface area contributed by atoms with E-state index in [1.807, 2.05) is 0 Å². The predicted octanol–water partition coefficient (Wildman–Crippen LogP) is 2.54. The van der Waals surface area contributed by atoms with Crippen LogP contribution in [0.2, 0.25) is 0 Å². The molecule has 3 rings (SSSR count). The number of anilines is 1. The highest BCUT2D eigenvalue weighted by molar-refractivity contribution is 7.15. The Morgan fingerprint density at radius 1 is 1.29 bits per heavy atom. The van der Waals surface area contributed by atoms with Crippen molar-refractivity contribution in [3.05, 3.63) is 5.01 Å². The molecule has 17 heavy (non-hydrogen) atoms. The molecule has 1 aliphatic heterocycles. The molecule has 1 saturated carbocycles. The van der Waals surface area contributed by atoms with Crippen LogP contribution >= 0.6 is 22.9 Å². The van der Waals surface area contributed by atoms with Crippen molar-refractivity contribution < 1.29 is 4.79 Å². The van der Waals surface area contributed by atoms with Crippen molar-refractivity contribution in [2.24, 2.45) is 0 Å². The van der Waals surface area contributed by atoms with Gasteiger partial charge in [0.25, 0.3) is 0 Å². The van der Waals surface area contributed by atoms with Crippen molar-refractivity contribution in [1.29, 1.82) is 0 Å². The van der Waals surface area contributed by atoms with Crippen LogP contribution in [0.1, 0.15) is 43.0 Å². The van der Waals surface area contributed by atoms with Gasteiger partial charge in [-0.3, -0.25) is 9.69 Å². The van der Waals surface area contributed by atoms with E-state index in [-0.39, 0.29) is 11.3 Å². The van der Waals surface area contributed by atoms with Gasteiger partial charge in [-0.15, -0.1) is 21.8 Å². The lowest BCUT2D eigenvalue weighted by atomic mass is 10.1. The normalized spacial score (nSPS) is 26.1. The number of alkyl halides is 1. The summed E-state index contributed by atoms with van der Waals surface area (Å²) in [5.41, 5.74) is 0. The fraction of sp³-hybridized carbons (Fsp3) is 0.727. The van der Waals surface area contributed by atoms with E-state index >= 15 is 0 Å². The fourth-order valence-electron chi connectivity index (χ4n) is 2.52. The van der Waals surface area contributed by atoms with Gasteiger partial charge < -0.3 is 0 Å². The molecule has 1 amide bonds. The number of rotatable bonds is 2. The average molecular weight is 272 g/mol. The predicted molar refractivity (Wildman–Crippen MR) is 67.7 cm³/mol. The Balaban J connectivity index is 1.78. The van der Waals surface area contributed by atoms with E-state index in [1.54, 1.807) is 16.2 Å². The molecule has 92 valence electrons. The van der Waals surface area contributed by atoms with E-state index in [9.17, 15) is 4.79 Å². The summed E-state index contributed by atoms with van der Waals surface area (Å²) in [5, 5.41) is 10.1. The topological polar surface area (TPSA) is 46.1 Å². The van der Waals surface area contributed by atoms with Crippen molar-refractivity contribution in [2.45, 2.75) is 43.4 Å². The molecular formula is C11H14ClN3OS. The Morgan fingerprint density at radius 3 is 2.71 bits per heavy atom. The van der Waals surface area contributed by atoms with Crippen LogP contribution in [0.15, 0.2) is 0 Å². The average Bonchev–Trinajstić information content (AvgIpc) is 2.97. The zero-order chi connectivity index (χ0) is 11.8. The summed E-state index contributed by atoms with van der Waals surface area (Å²) in [7, 11) is 0. The molecule has 1 aromatic rings. The molecule has 2 aliphatic rings. The van der Waals surface area contributed by atoms with Gasteiger partial charge in [-0.05, 0) is 12.8 Å². The lowest BCUT2D eigenvalue weighted by Crippen LogP contribution is -2.24. The largest absolute Gasteiger partial charge is 0.285 e. The number of nitrogens with zero attached hydrogens (tertiary/aromatic N) is 3. The van der Waals surface area contributed by atoms with Gasteiger partial charge in [-0.2, -0.15) is 0 Å². The Hall–Kier alpha value is -0.680. The highest BCUT2D eigenvalue weighted by Crippen LogP contribution is 2.38. The maximum Gasteiger partial charge on any atom is 0.230 e. The molecule has 0 spiro atoms. The lowest BCUT2D eigenvalue weighted by molar-refractivity contribution is -0.117. The van der Waals surface area contributed by atoms with E-state index in [1.165, 1.54) is 25.7 Å². The van der Waals surface area contributed by atoms with Crippen LogP contribution in [-0.2, 0) is 4.79 Å². The summed E-state index contributed by atoms with van der Waals surface area (Å²) >= 11 is 7.54. The Labute approximate surface area is 109 Å². The van der Waals surface area contributed by atoms with E-state index in [0.29, 0.717) is 18.9 Å². The second kappa shape index (κ2) is 4.53. The number of carbonyl (C=O) groups excluding carboxylic acids is 1. The van der Waals surface area contributed by atoms with Crippen LogP contribution in [0, 0.1) is 0 Å². The molecule has 4 nitrogen and oxygen atoms in total. The van der Waals surface area contributed by atoms with Gasteiger partial charge >= 0.3 is 0 Å². The van der Waals surface area contributed by atoms with Crippen LogP contribution in [0.25, 0.3) is 0 Å². The second-order valence-electron chi connectivity index (χ2n) is 4.71. The number of aromatic nitrogens is 2. The minimum atomic E-state index is -0.0821. The van der Waals surface area contributed by atoms with Crippen LogP contribution < -0.4 is 4.90 Å². The quantitative estimate of drug-likeness (QED) is 0.777. The second-order valence-corrected chi connectivity index (χ2v) is 6.31. The van der Waals surface area contributed by atoms with Crippen LogP contribution in [-0.4, -0.2) is 28.0 Å². The third kappa shape index (κ3) is 2.18. The minimum absolute atomic E-state index is 0.0686. The van der Waals surface area contributed by atoms with Crippen molar-refractivity contribution in [2.75, 3.05) is 11.4 Å². The highest BCUT2D eigenvalue weighted by Gasteiger charge is 2.32. The van der Waals surface area contributed by atoms with Crippen LogP contribution in [0.5, 0.6) is 0 Å². The molecule has 1 unspecified atom stereocenters.